The quantitative estimate of drug-likeness (QED) is 0.253. The van der Waals surface area contributed by atoms with Crippen LogP contribution in [-0.2, 0) is 0 Å². The lowest BCUT2D eigenvalue weighted by Crippen LogP contribution is -1.91. The van der Waals surface area contributed by atoms with Crippen LogP contribution < -0.4 is 0 Å². The fourth-order valence-corrected chi connectivity index (χ4v) is 3.10. The van der Waals surface area contributed by atoms with Crippen molar-refractivity contribution in [3.8, 4) is 17.2 Å². The van der Waals surface area contributed by atoms with E-state index in [-0.39, 0.29) is 21.5 Å². The van der Waals surface area contributed by atoms with Crippen LogP contribution in [0.4, 0.5) is 11.4 Å². The molecule has 0 aliphatic heterocycles. The third-order valence-corrected chi connectivity index (χ3v) is 4.65. The highest BCUT2D eigenvalue weighted by atomic mass is 79.9. The Morgan fingerprint density at radius 1 is 1.14 bits per heavy atom. The maximum absolute atomic E-state index is 11.0. The Bertz CT molecular complexity index is 1180. The number of para-hydroxylation sites is 2. The van der Waals surface area contributed by atoms with Gasteiger partial charge in [-0.25, -0.2) is 4.98 Å². The summed E-state index contributed by atoms with van der Waals surface area (Å²) in [6.45, 7) is 0. The molecule has 0 saturated heterocycles. The van der Waals surface area contributed by atoms with E-state index in [1.165, 1.54) is 18.3 Å². The van der Waals surface area contributed by atoms with Gasteiger partial charge in [-0.1, -0.05) is 12.1 Å². The van der Waals surface area contributed by atoms with Gasteiger partial charge in [-0.3, -0.25) is 15.1 Å². The van der Waals surface area contributed by atoms with Crippen LogP contribution in [0.15, 0.2) is 74.5 Å². The lowest BCUT2D eigenvalue weighted by molar-refractivity contribution is -0.385. The van der Waals surface area contributed by atoms with E-state index >= 15 is 0 Å². The van der Waals surface area contributed by atoms with Gasteiger partial charge in [-0.15, -0.1) is 0 Å². The van der Waals surface area contributed by atoms with E-state index in [1.807, 2.05) is 36.4 Å². The molecule has 4 aromatic rings. The summed E-state index contributed by atoms with van der Waals surface area (Å²) in [6, 6.07) is 17.2. The molecular weight excluding hydrogens is 426 g/mol. The number of oxazole rings is 1. The number of aromatic nitrogens is 1. The van der Waals surface area contributed by atoms with Gasteiger partial charge in [0, 0.05) is 29.5 Å². The Morgan fingerprint density at radius 3 is 2.61 bits per heavy atom. The van der Waals surface area contributed by atoms with Crippen molar-refractivity contribution in [2.45, 2.75) is 0 Å². The first-order valence-corrected chi connectivity index (χ1v) is 8.97. The standard InChI is InChI=1S/C20H12BrN3O4/c21-16-10-15(24(26)27)9-13(19(16)25)11-22-14-7-5-12(6-8-14)20-23-17-3-1-2-4-18(17)28-20/h1-11,25H. The Morgan fingerprint density at radius 2 is 1.89 bits per heavy atom. The number of hydrogen-bond acceptors (Lipinski definition) is 6. The second kappa shape index (κ2) is 7.24. The maximum atomic E-state index is 11.0. The van der Waals surface area contributed by atoms with Crippen LogP contribution in [0, 0.1) is 10.1 Å². The van der Waals surface area contributed by atoms with E-state index in [9.17, 15) is 15.2 Å². The average molecular weight is 438 g/mol. The number of aromatic hydroxyl groups is 1. The molecule has 0 unspecified atom stereocenters. The first-order valence-electron chi connectivity index (χ1n) is 8.18. The summed E-state index contributed by atoms with van der Waals surface area (Å²) in [5.74, 6) is 0.398. The second-order valence-electron chi connectivity index (χ2n) is 5.91. The lowest BCUT2D eigenvalue weighted by Gasteiger charge is -2.02. The number of phenolic OH excluding ortho intramolecular Hbond substituents is 1. The number of non-ortho nitro benzene ring substituents is 1. The first-order chi connectivity index (χ1) is 13.5. The van der Waals surface area contributed by atoms with Crippen molar-refractivity contribution in [3.63, 3.8) is 0 Å². The molecule has 4 rings (SSSR count). The van der Waals surface area contributed by atoms with Gasteiger partial charge in [0.05, 0.1) is 15.1 Å². The van der Waals surface area contributed by atoms with Crippen molar-refractivity contribution in [1.82, 2.24) is 4.98 Å². The summed E-state index contributed by atoms with van der Waals surface area (Å²) in [7, 11) is 0. The smallest absolute Gasteiger partial charge is 0.271 e. The Labute approximate surface area is 167 Å². The zero-order chi connectivity index (χ0) is 19.7. The molecule has 3 aromatic carbocycles. The molecule has 0 aliphatic carbocycles. The van der Waals surface area contributed by atoms with E-state index < -0.39 is 4.92 Å². The zero-order valence-corrected chi connectivity index (χ0v) is 15.8. The lowest BCUT2D eigenvalue weighted by atomic mass is 10.2. The highest BCUT2D eigenvalue weighted by molar-refractivity contribution is 9.10. The molecule has 7 nitrogen and oxygen atoms in total. The number of nitrogens with zero attached hydrogens (tertiary/aromatic N) is 3. The average Bonchev–Trinajstić information content (AvgIpc) is 3.13. The molecule has 0 radical (unpaired) electrons. The predicted molar refractivity (Wildman–Crippen MR) is 109 cm³/mol. The van der Waals surface area contributed by atoms with Crippen molar-refractivity contribution in [1.29, 1.82) is 0 Å². The molecule has 1 aromatic heterocycles. The fourth-order valence-electron chi connectivity index (χ4n) is 2.64. The van der Waals surface area contributed by atoms with Gasteiger partial charge in [-0.2, -0.15) is 0 Å². The summed E-state index contributed by atoms with van der Waals surface area (Å²) < 4.78 is 5.97. The summed E-state index contributed by atoms with van der Waals surface area (Å²) >= 11 is 3.11. The molecule has 8 heteroatoms. The largest absolute Gasteiger partial charge is 0.506 e. The van der Waals surface area contributed by atoms with Gasteiger partial charge >= 0.3 is 0 Å². The molecule has 0 saturated carbocycles. The molecule has 1 heterocycles. The fraction of sp³-hybridized carbons (Fsp3) is 0. The van der Waals surface area contributed by atoms with Crippen molar-refractivity contribution in [2.75, 3.05) is 0 Å². The highest BCUT2D eigenvalue weighted by Gasteiger charge is 2.13. The van der Waals surface area contributed by atoms with Crippen LogP contribution in [0.2, 0.25) is 0 Å². The van der Waals surface area contributed by atoms with Crippen molar-refractivity contribution < 1.29 is 14.4 Å². The van der Waals surface area contributed by atoms with E-state index in [1.54, 1.807) is 12.1 Å². The number of nitro benzene ring substituents is 1. The SMILES string of the molecule is O=[N+]([O-])c1cc(Br)c(O)c(C=Nc2ccc(-c3nc4ccccc4o3)cc2)c1. The third kappa shape index (κ3) is 3.49. The van der Waals surface area contributed by atoms with Crippen LogP contribution in [0.25, 0.3) is 22.6 Å². The maximum Gasteiger partial charge on any atom is 0.271 e. The monoisotopic (exact) mass is 437 g/mol. The first kappa shape index (κ1) is 17.9. The number of benzene rings is 3. The van der Waals surface area contributed by atoms with Gasteiger partial charge in [-0.05, 0) is 52.3 Å². The minimum absolute atomic E-state index is 0.113. The number of halogens is 1. The van der Waals surface area contributed by atoms with E-state index in [4.69, 9.17) is 4.42 Å². The number of aliphatic imine (C=N–C) groups is 1. The zero-order valence-electron chi connectivity index (χ0n) is 14.2. The van der Waals surface area contributed by atoms with E-state index in [0.717, 1.165) is 11.1 Å². The summed E-state index contributed by atoms with van der Waals surface area (Å²) in [5.41, 5.74) is 3.01. The normalized spacial score (nSPS) is 11.3. The van der Waals surface area contributed by atoms with Gasteiger partial charge < -0.3 is 9.52 Å². The minimum Gasteiger partial charge on any atom is -0.506 e. The Hall–Kier alpha value is -3.52. The molecule has 0 bridgehead atoms. The molecule has 0 amide bonds. The summed E-state index contributed by atoms with van der Waals surface area (Å²) in [6.07, 6.45) is 1.38. The summed E-state index contributed by atoms with van der Waals surface area (Å²) in [5, 5.41) is 21.0. The molecule has 138 valence electrons. The number of phenols is 1. The van der Waals surface area contributed by atoms with Gasteiger partial charge in [0.25, 0.3) is 5.69 Å². The number of rotatable bonds is 4. The molecule has 0 fully saturated rings. The van der Waals surface area contributed by atoms with Gasteiger partial charge in [0.2, 0.25) is 5.89 Å². The Balaban J connectivity index is 1.60. The van der Waals surface area contributed by atoms with Crippen LogP contribution >= 0.6 is 15.9 Å². The van der Waals surface area contributed by atoms with Crippen LogP contribution in [-0.4, -0.2) is 21.2 Å². The van der Waals surface area contributed by atoms with Crippen molar-refractivity contribution >= 4 is 44.6 Å². The van der Waals surface area contributed by atoms with Crippen molar-refractivity contribution in [2.24, 2.45) is 4.99 Å². The molecule has 28 heavy (non-hydrogen) atoms. The molecule has 1 N–H and O–H groups in total. The second-order valence-corrected chi connectivity index (χ2v) is 6.77. The molecule has 0 aliphatic rings. The minimum atomic E-state index is -0.531. The molecular formula is C20H12BrN3O4. The number of fused-ring (bicyclic) bond motifs is 1. The highest BCUT2D eigenvalue weighted by Crippen LogP contribution is 2.32. The van der Waals surface area contributed by atoms with Crippen LogP contribution in [0.3, 0.4) is 0 Å². The van der Waals surface area contributed by atoms with E-state index in [0.29, 0.717) is 17.2 Å². The number of nitro groups is 1. The van der Waals surface area contributed by atoms with Gasteiger partial charge in [0.15, 0.2) is 5.58 Å². The molecule has 0 spiro atoms. The third-order valence-electron chi connectivity index (χ3n) is 4.05. The van der Waals surface area contributed by atoms with E-state index in [2.05, 4.69) is 25.9 Å². The van der Waals surface area contributed by atoms with Crippen LogP contribution in [0.1, 0.15) is 5.56 Å². The van der Waals surface area contributed by atoms with Crippen LogP contribution in [0.5, 0.6) is 5.75 Å². The number of hydrogen-bond donors (Lipinski definition) is 1. The predicted octanol–water partition coefficient (Wildman–Crippen LogP) is 5.62. The topological polar surface area (TPSA) is 102 Å². The summed E-state index contributed by atoms with van der Waals surface area (Å²) in [4.78, 5) is 19.2. The Kier molecular flexibility index (Phi) is 4.62. The van der Waals surface area contributed by atoms with Gasteiger partial charge in [0.1, 0.15) is 11.3 Å². The van der Waals surface area contributed by atoms with Crippen molar-refractivity contribution in [3.05, 3.63) is 80.8 Å². The molecule has 0 atom stereocenters.